The van der Waals surface area contributed by atoms with Crippen LogP contribution in [-0.4, -0.2) is 50.2 Å². The van der Waals surface area contributed by atoms with Crippen molar-refractivity contribution in [1.82, 2.24) is 9.21 Å². The summed E-state index contributed by atoms with van der Waals surface area (Å²) in [6, 6.07) is 1.77. The average Bonchev–Trinajstić information content (AvgIpc) is 2.39. The lowest BCUT2D eigenvalue weighted by Crippen LogP contribution is -2.50. The van der Waals surface area contributed by atoms with E-state index < -0.39 is 10.0 Å². The quantitative estimate of drug-likeness (QED) is 0.813. The van der Waals surface area contributed by atoms with E-state index in [2.05, 4.69) is 0 Å². The van der Waals surface area contributed by atoms with E-state index in [-0.39, 0.29) is 17.3 Å². The maximum Gasteiger partial charge on any atom is 0.244 e. The highest BCUT2D eigenvalue weighted by Crippen LogP contribution is 2.30. The fraction of sp³-hybridized carbons (Fsp3) is 0.500. The first-order valence-electron chi connectivity index (χ1n) is 6.76. The van der Waals surface area contributed by atoms with Crippen LogP contribution in [0.15, 0.2) is 11.0 Å². The number of nitrogens with two attached hydrogens (primary N) is 1. The van der Waals surface area contributed by atoms with Crippen molar-refractivity contribution in [3.05, 3.63) is 22.8 Å². The molecule has 1 aliphatic rings. The zero-order valence-corrected chi connectivity index (χ0v) is 13.6. The van der Waals surface area contributed by atoms with Gasteiger partial charge in [-0.05, 0) is 37.5 Å². The fourth-order valence-corrected chi connectivity index (χ4v) is 4.47. The van der Waals surface area contributed by atoms with Gasteiger partial charge < -0.3 is 10.6 Å². The first-order chi connectivity index (χ1) is 9.66. The van der Waals surface area contributed by atoms with Gasteiger partial charge in [0.15, 0.2) is 0 Å². The minimum atomic E-state index is -3.71. The normalized spacial score (nSPS) is 17.3. The van der Waals surface area contributed by atoms with Crippen molar-refractivity contribution in [2.45, 2.75) is 25.7 Å². The topological polar surface area (TPSA) is 83.7 Å². The maximum atomic E-state index is 12.8. The Morgan fingerprint density at radius 2 is 1.76 bits per heavy atom. The van der Waals surface area contributed by atoms with Crippen LogP contribution in [0.5, 0.6) is 0 Å². The van der Waals surface area contributed by atoms with Crippen LogP contribution < -0.4 is 5.73 Å². The summed E-state index contributed by atoms with van der Waals surface area (Å²) in [4.78, 5) is 13.5. The molecule has 1 aromatic carbocycles. The third-order valence-electron chi connectivity index (χ3n) is 3.98. The molecule has 0 unspecified atom stereocenters. The van der Waals surface area contributed by atoms with Crippen LogP contribution in [0, 0.1) is 20.8 Å². The molecular weight excluding hydrogens is 290 g/mol. The molecule has 0 spiro atoms. The average molecular weight is 311 g/mol. The lowest BCUT2D eigenvalue weighted by atomic mass is 10.1. The van der Waals surface area contributed by atoms with Gasteiger partial charge in [0, 0.05) is 25.8 Å². The van der Waals surface area contributed by atoms with E-state index >= 15 is 0 Å². The monoisotopic (exact) mass is 311 g/mol. The van der Waals surface area contributed by atoms with E-state index in [9.17, 15) is 13.2 Å². The molecule has 1 aliphatic heterocycles. The van der Waals surface area contributed by atoms with Crippen LogP contribution in [0.4, 0.5) is 5.69 Å². The van der Waals surface area contributed by atoms with Gasteiger partial charge >= 0.3 is 0 Å². The number of anilines is 1. The maximum absolute atomic E-state index is 12.8. The van der Waals surface area contributed by atoms with Crippen molar-refractivity contribution in [3.63, 3.8) is 0 Å². The number of hydrogen-bond acceptors (Lipinski definition) is 4. The molecule has 0 bridgehead atoms. The Kier molecular flexibility index (Phi) is 3.99. The number of likely N-dealkylation sites (N-methyl/N-ethyl adjacent to an activating group) is 1. The van der Waals surface area contributed by atoms with Crippen molar-refractivity contribution in [3.8, 4) is 0 Å². The lowest BCUT2D eigenvalue weighted by molar-refractivity contribution is -0.132. The molecule has 0 saturated carbocycles. The van der Waals surface area contributed by atoms with Crippen LogP contribution in [0.3, 0.4) is 0 Å². The van der Waals surface area contributed by atoms with Gasteiger partial charge in [0.25, 0.3) is 0 Å². The molecular formula is C14H21N3O3S. The van der Waals surface area contributed by atoms with Gasteiger partial charge in [-0.15, -0.1) is 0 Å². The van der Waals surface area contributed by atoms with Gasteiger partial charge in [-0.2, -0.15) is 4.31 Å². The van der Waals surface area contributed by atoms with E-state index in [1.54, 1.807) is 27.0 Å². The third kappa shape index (κ3) is 2.63. The Labute approximate surface area is 125 Å². The Bertz CT molecular complexity index is 698. The highest BCUT2D eigenvalue weighted by Gasteiger charge is 2.33. The second-order valence-corrected chi connectivity index (χ2v) is 7.41. The first kappa shape index (κ1) is 15.8. The number of nitrogens with zero attached hydrogens (tertiary/aromatic N) is 2. The minimum Gasteiger partial charge on any atom is -0.398 e. The van der Waals surface area contributed by atoms with Gasteiger partial charge in [0.05, 0.1) is 11.4 Å². The van der Waals surface area contributed by atoms with E-state index in [1.807, 2.05) is 6.92 Å². The number of amides is 1. The van der Waals surface area contributed by atoms with Crippen molar-refractivity contribution in [1.29, 1.82) is 0 Å². The van der Waals surface area contributed by atoms with Crippen LogP contribution in [0.1, 0.15) is 16.7 Å². The van der Waals surface area contributed by atoms with Gasteiger partial charge in [-0.1, -0.05) is 6.07 Å². The van der Waals surface area contributed by atoms with Crippen LogP contribution in [-0.2, 0) is 14.8 Å². The van der Waals surface area contributed by atoms with Crippen LogP contribution in [0.2, 0.25) is 0 Å². The van der Waals surface area contributed by atoms with Crippen molar-refractivity contribution in [2.24, 2.45) is 0 Å². The Morgan fingerprint density at radius 1 is 1.14 bits per heavy atom. The summed E-state index contributed by atoms with van der Waals surface area (Å²) in [6.45, 7) is 5.90. The molecule has 21 heavy (non-hydrogen) atoms. The molecule has 0 radical (unpaired) electrons. The van der Waals surface area contributed by atoms with Crippen LogP contribution in [0.25, 0.3) is 0 Å². The number of carbonyl (C=O) groups is 1. The summed E-state index contributed by atoms with van der Waals surface area (Å²) in [6.07, 6.45) is 0. The number of rotatable bonds is 2. The van der Waals surface area contributed by atoms with Crippen molar-refractivity contribution in [2.75, 3.05) is 32.4 Å². The molecule has 1 aromatic rings. The predicted molar refractivity (Wildman–Crippen MR) is 81.5 cm³/mol. The highest BCUT2D eigenvalue weighted by atomic mass is 32.2. The van der Waals surface area contributed by atoms with Gasteiger partial charge in [0.1, 0.15) is 0 Å². The van der Waals surface area contributed by atoms with E-state index in [1.165, 1.54) is 9.21 Å². The number of sulfonamides is 1. The summed E-state index contributed by atoms with van der Waals surface area (Å²) in [5, 5.41) is 0. The van der Waals surface area contributed by atoms with E-state index in [4.69, 9.17) is 5.73 Å². The number of piperazine rings is 1. The zero-order chi connectivity index (χ0) is 15.9. The molecule has 0 atom stereocenters. The molecule has 1 saturated heterocycles. The van der Waals surface area contributed by atoms with Gasteiger partial charge in [0.2, 0.25) is 15.9 Å². The fourth-order valence-electron chi connectivity index (χ4n) is 2.65. The van der Waals surface area contributed by atoms with Gasteiger partial charge in [-0.3, -0.25) is 4.79 Å². The second-order valence-electron chi connectivity index (χ2n) is 5.53. The lowest BCUT2D eigenvalue weighted by Gasteiger charge is -2.32. The third-order valence-corrected chi connectivity index (χ3v) is 6.12. The largest absolute Gasteiger partial charge is 0.398 e. The summed E-state index contributed by atoms with van der Waals surface area (Å²) < 4.78 is 26.9. The summed E-state index contributed by atoms with van der Waals surface area (Å²) in [7, 11) is -2.04. The Balaban J connectivity index is 2.51. The molecule has 1 fully saturated rings. The summed E-state index contributed by atoms with van der Waals surface area (Å²) in [5.74, 6) is -0.194. The van der Waals surface area contributed by atoms with E-state index in [0.29, 0.717) is 29.9 Å². The first-order valence-corrected chi connectivity index (χ1v) is 8.20. The molecule has 1 heterocycles. The van der Waals surface area contributed by atoms with Crippen molar-refractivity contribution < 1.29 is 13.2 Å². The highest BCUT2D eigenvalue weighted by molar-refractivity contribution is 7.89. The Morgan fingerprint density at radius 3 is 2.33 bits per heavy atom. The summed E-state index contributed by atoms with van der Waals surface area (Å²) in [5.41, 5.74) is 8.53. The molecule has 116 valence electrons. The number of benzene rings is 1. The van der Waals surface area contributed by atoms with Crippen LogP contribution >= 0.6 is 0 Å². The number of hydrogen-bond donors (Lipinski definition) is 1. The molecule has 7 heteroatoms. The molecule has 6 nitrogen and oxygen atoms in total. The number of nitrogen functional groups attached to an aromatic ring is 1. The number of carbonyl (C=O) groups excluding carboxylic acids is 1. The Hall–Kier alpha value is -1.60. The van der Waals surface area contributed by atoms with Crippen molar-refractivity contribution >= 4 is 21.6 Å². The standard InChI is InChI=1S/C14H21N3O3S/c1-9-7-10(2)14(11(3)13(9)15)21(19,20)17-6-5-16(4)12(18)8-17/h7H,5-6,8,15H2,1-4H3. The zero-order valence-electron chi connectivity index (χ0n) is 12.8. The molecule has 0 aromatic heterocycles. The SMILES string of the molecule is Cc1cc(C)c(S(=O)(=O)N2CCN(C)C(=O)C2)c(C)c1N. The smallest absolute Gasteiger partial charge is 0.244 e. The predicted octanol–water partition coefficient (Wildman–Crippen LogP) is 0.657. The molecule has 2 N–H and O–H groups in total. The molecule has 0 aliphatic carbocycles. The number of aryl methyl sites for hydroxylation is 2. The van der Waals surface area contributed by atoms with E-state index in [0.717, 1.165) is 5.56 Å². The molecule has 2 rings (SSSR count). The minimum absolute atomic E-state index is 0.120. The molecule has 1 amide bonds. The summed E-state index contributed by atoms with van der Waals surface area (Å²) >= 11 is 0. The second kappa shape index (κ2) is 5.31. The van der Waals surface area contributed by atoms with Gasteiger partial charge in [-0.25, -0.2) is 8.42 Å².